The lowest BCUT2D eigenvalue weighted by molar-refractivity contribution is -0.119. The number of amides is 2. The van der Waals surface area contributed by atoms with Gasteiger partial charge >= 0.3 is 0 Å². The number of thioether (sulfide) groups is 1. The number of carbonyl (C=O) groups is 2. The fourth-order valence-corrected chi connectivity index (χ4v) is 5.93. The Morgan fingerprint density at radius 3 is 2.33 bits per heavy atom. The molecule has 0 bridgehead atoms. The van der Waals surface area contributed by atoms with Gasteiger partial charge in [-0.05, 0) is 47.6 Å². The van der Waals surface area contributed by atoms with Gasteiger partial charge < -0.3 is 4.90 Å². The van der Waals surface area contributed by atoms with Gasteiger partial charge in [0.25, 0.3) is 5.24 Å². The molecule has 3 aromatic carbocycles. The van der Waals surface area contributed by atoms with E-state index in [0.29, 0.717) is 6.04 Å². The van der Waals surface area contributed by atoms with Gasteiger partial charge in [0.1, 0.15) is 0 Å². The Kier molecular flexibility index (Phi) is 6.23. The minimum Gasteiger partial charge on any atom is -0.364 e. The molecule has 0 saturated carbocycles. The van der Waals surface area contributed by atoms with E-state index >= 15 is 0 Å². The Morgan fingerprint density at radius 2 is 1.67 bits per heavy atom. The van der Waals surface area contributed by atoms with Gasteiger partial charge in [-0.3, -0.25) is 14.9 Å². The molecule has 0 aromatic heterocycles. The second-order valence-electron chi connectivity index (χ2n) is 8.99. The molecule has 4 nitrogen and oxygen atoms in total. The average molecular weight is 457 g/mol. The Bertz CT molecular complexity index is 1150. The van der Waals surface area contributed by atoms with Crippen LogP contribution in [0.2, 0.25) is 0 Å². The first-order valence-electron chi connectivity index (χ1n) is 11.6. The summed E-state index contributed by atoms with van der Waals surface area (Å²) < 4.78 is 0. The molecule has 168 valence electrons. The molecule has 2 aliphatic rings. The molecule has 0 spiro atoms. The summed E-state index contributed by atoms with van der Waals surface area (Å²) in [5.74, 6) is -0.194. The smallest absolute Gasteiger partial charge is 0.286 e. The maximum absolute atomic E-state index is 12.2. The van der Waals surface area contributed by atoms with E-state index in [1.54, 1.807) is 0 Å². The minimum absolute atomic E-state index is 0.0173. The number of nitrogens with zero attached hydrogens (tertiary/aromatic N) is 1. The summed E-state index contributed by atoms with van der Waals surface area (Å²) in [6.45, 7) is 2.91. The summed E-state index contributed by atoms with van der Waals surface area (Å²) in [7, 11) is 0. The molecule has 2 aliphatic heterocycles. The molecule has 1 N–H and O–H groups in total. The summed E-state index contributed by atoms with van der Waals surface area (Å²) in [6, 6.07) is 28.4. The summed E-state index contributed by atoms with van der Waals surface area (Å²) in [6.07, 6.45) is 3.12. The molecule has 5 heteroatoms. The topological polar surface area (TPSA) is 49.4 Å². The summed E-state index contributed by atoms with van der Waals surface area (Å²) in [5.41, 5.74) is 6.40. The van der Waals surface area contributed by atoms with E-state index in [9.17, 15) is 9.59 Å². The van der Waals surface area contributed by atoms with Gasteiger partial charge in [-0.25, -0.2) is 0 Å². The Hall–Kier alpha value is -3.05. The first kappa shape index (κ1) is 21.8. The molecule has 0 aliphatic carbocycles. The predicted octanol–water partition coefficient (Wildman–Crippen LogP) is 5.71. The SMILES string of the molecule is CC(c1ccc2c(c1)CCC(Cc1ccccc1)N2Cc1ccccc1)C1SC(=O)NC1=O. The van der Waals surface area contributed by atoms with E-state index < -0.39 is 0 Å². The molecular formula is C28H28N2O2S. The van der Waals surface area contributed by atoms with Gasteiger partial charge in [0.15, 0.2) is 0 Å². The fourth-order valence-electron chi connectivity index (χ4n) is 5.01. The van der Waals surface area contributed by atoms with E-state index in [0.717, 1.165) is 43.1 Å². The lowest BCUT2D eigenvalue weighted by atomic mass is 9.87. The molecule has 1 saturated heterocycles. The van der Waals surface area contributed by atoms with Crippen LogP contribution in [0.4, 0.5) is 10.5 Å². The Balaban J connectivity index is 1.44. The third-order valence-electron chi connectivity index (χ3n) is 6.81. The standard InChI is InChI=1S/C28H28N2O2S/c1-19(26-27(31)29-28(32)33-26)22-13-15-25-23(17-22)12-14-24(16-20-8-4-2-5-9-20)30(25)18-21-10-6-3-7-11-21/h2-11,13,15,17,19,24,26H,12,14,16,18H2,1H3,(H,29,31,32). The van der Waals surface area contributed by atoms with Gasteiger partial charge in [-0.1, -0.05) is 91.5 Å². The summed E-state index contributed by atoms with van der Waals surface area (Å²) in [5, 5.41) is 1.82. The number of nitrogens with one attached hydrogen (secondary N) is 1. The van der Waals surface area contributed by atoms with Gasteiger partial charge in [0.05, 0.1) is 5.25 Å². The van der Waals surface area contributed by atoms with Crippen molar-refractivity contribution >= 4 is 28.6 Å². The molecule has 33 heavy (non-hydrogen) atoms. The van der Waals surface area contributed by atoms with Crippen molar-refractivity contribution in [3.8, 4) is 0 Å². The van der Waals surface area contributed by atoms with E-state index in [1.165, 1.54) is 22.4 Å². The number of carbonyl (C=O) groups excluding carboxylic acids is 2. The van der Waals surface area contributed by atoms with Crippen LogP contribution in [0.3, 0.4) is 0 Å². The number of fused-ring (bicyclic) bond motifs is 1. The maximum Gasteiger partial charge on any atom is 0.286 e. The zero-order chi connectivity index (χ0) is 22.8. The second kappa shape index (κ2) is 9.44. The van der Waals surface area contributed by atoms with Crippen molar-refractivity contribution in [3.05, 3.63) is 101 Å². The van der Waals surface area contributed by atoms with Crippen LogP contribution < -0.4 is 10.2 Å². The van der Waals surface area contributed by atoms with Crippen molar-refractivity contribution in [3.63, 3.8) is 0 Å². The van der Waals surface area contributed by atoms with Crippen LogP contribution in [0.25, 0.3) is 0 Å². The second-order valence-corrected chi connectivity index (χ2v) is 10.1. The van der Waals surface area contributed by atoms with Gasteiger partial charge in [0, 0.05) is 24.2 Å². The molecule has 3 unspecified atom stereocenters. The minimum atomic E-state index is -0.356. The number of rotatable bonds is 6. The van der Waals surface area contributed by atoms with Gasteiger partial charge in [-0.2, -0.15) is 0 Å². The highest BCUT2D eigenvalue weighted by Gasteiger charge is 2.37. The largest absolute Gasteiger partial charge is 0.364 e. The molecule has 1 fully saturated rings. The number of hydrogen-bond donors (Lipinski definition) is 1. The number of imide groups is 1. The lowest BCUT2D eigenvalue weighted by Gasteiger charge is -2.40. The van der Waals surface area contributed by atoms with E-state index in [-0.39, 0.29) is 22.3 Å². The van der Waals surface area contributed by atoms with E-state index in [4.69, 9.17) is 0 Å². The molecule has 5 rings (SSSR count). The van der Waals surface area contributed by atoms with E-state index in [2.05, 4.69) is 89.1 Å². The third kappa shape index (κ3) is 4.69. The first-order valence-corrected chi connectivity index (χ1v) is 12.5. The lowest BCUT2D eigenvalue weighted by Crippen LogP contribution is -2.40. The molecule has 2 heterocycles. The predicted molar refractivity (Wildman–Crippen MR) is 135 cm³/mol. The van der Waals surface area contributed by atoms with Crippen LogP contribution in [-0.2, 0) is 24.2 Å². The highest BCUT2D eigenvalue weighted by Crippen LogP contribution is 2.38. The molecule has 0 radical (unpaired) electrons. The van der Waals surface area contributed by atoms with Crippen LogP contribution in [0.1, 0.15) is 41.5 Å². The van der Waals surface area contributed by atoms with Gasteiger partial charge in [0.2, 0.25) is 5.91 Å². The van der Waals surface area contributed by atoms with Crippen LogP contribution in [0.5, 0.6) is 0 Å². The highest BCUT2D eigenvalue weighted by atomic mass is 32.2. The Morgan fingerprint density at radius 1 is 0.970 bits per heavy atom. The number of benzene rings is 3. The highest BCUT2D eigenvalue weighted by molar-refractivity contribution is 8.15. The van der Waals surface area contributed by atoms with Crippen molar-refractivity contribution in [2.45, 2.75) is 49.9 Å². The normalized spacial score (nSPS) is 20.9. The first-order chi connectivity index (χ1) is 16.1. The number of hydrogen-bond acceptors (Lipinski definition) is 4. The quantitative estimate of drug-likeness (QED) is 0.516. The van der Waals surface area contributed by atoms with Crippen molar-refractivity contribution < 1.29 is 9.59 Å². The monoisotopic (exact) mass is 456 g/mol. The van der Waals surface area contributed by atoms with Crippen LogP contribution in [0.15, 0.2) is 78.9 Å². The van der Waals surface area contributed by atoms with Crippen LogP contribution in [-0.4, -0.2) is 22.4 Å². The molecule has 3 aromatic rings. The number of aryl methyl sites for hydroxylation is 1. The van der Waals surface area contributed by atoms with Gasteiger partial charge in [-0.15, -0.1) is 0 Å². The molecular weight excluding hydrogens is 428 g/mol. The van der Waals surface area contributed by atoms with Crippen molar-refractivity contribution in [2.24, 2.45) is 0 Å². The Labute approximate surface area is 199 Å². The zero-order valence-electron chi connectivity index (χ0n) is 18.7. The van der Waals surface area contributed by atoms with Crippen molar-refractivity contribution in [1.82, 2.24) is 5.32 Å². The zero-order valence-corrected chi connectivity index (χ0v) is 19.6. The van der Waals surface area contributed by atoms with Crippen LogP contribution in [0, 0.1) is 0 Å². The van der Waals surface area contributed by atoms with Crippen molar-refractivity contribution in [2.75, 3.05) is 4.90 Å². The molecule has 3 atom stereocenters. The third-order valence-corrected chi connectivity index (χ3v) is 8.00. The van der Waals surface area contributed by atoms with Crippen molar-refractivity contribution in [1.29, 1.82) is 0 Å². The van der Waals surface area contributed by atoms with E-state index in [1.807, 2.05) is 6.92 Å². The molecule has 2 amide bonds. The van der Waals surface area contributed by atoms with Crippen LogP contribution >= 0.6 is 11.8 Å². The fraction of sp³-hybridized carbons (Fsp3) is 0.286. The average Bonchev–Trinajstić information content (AvgIpc) is 3.18. The summed E-state index contributed by atoms with van der Waals surface area (Å²) >= 11 is 1.11. The number of anilines is 1. The maximum atomic E-state index is 12.2. The summed E-state index contributed by atoms with van der Waals surface area (Å²) in [4.78, 5) is 26.4.